The summed E-state index contributed by atoms with van der Waals surface area (Å²) in [5.41, 5.74) is 36.9. The van der Waals surface area contributed by atoms with Gasteiger partial charge in [-0.1, -0.05) is 108 Å². The molecule has 1 amide bonds. The molecule has 2 aromatic heterocycles. The van der Waals surface area contributed by atoms with E-state index in [1.165, 1.54) is 6.07 Å². The van der Waals surface area contributed by atoms with Crippen molar-refractivity contribution in [2.24, 2.45) is 53.6 Å². The molecule has 34 heteroatoms. The van der Waals surface area contributed by atoms with Crippen LogP contribution in [-0.4, -0.2) is 157 Å². The van der Waals surface area contributed by atoms with Crippen LogP contribution in [0.25, 0.3) is 32.6 Å². The van der Waals surface area contributed by atoms with Crippen molar-refractivity contribution in [1.82, 2.24) is 24.9 Å². The maximum Gasteiger partial charge on any atom is 0.255 e. The summed E-state index contributed by atoms with van der Waals surface area (Å²) >= 11 is 15.4. The maximum absolute atomic E-state index is 12.3. The molecular formula is C91H111BrCl2F6N16O9. The highest BCUT2D eigenvalue weighted by atomic mass is 79.9. The van der Waals surface area contributed by atoms with Crippen LogP contribution >= 0.6 is 39.1 Å². The van der Waals surface area contributed by atoms with Gasteiger partial charge in [0.2, 0.25) is 5.89 Å². The lowest BCUT2D eigenvalue weighted by atomic mass is 10.1. The predicted octanol–water partition coefficient (Wildman–Crippen LogP) is 18.7. The number of aromatic nitrogens is 4. The molecule has 11 aromatic rings. The van der Waals surface area contributed by atoms with Gasteiger partial charge < -0.3 is 77.2 Å². The number of morpholine rings is 1. The molecule has 1 aliphatic rings. The number of nitrogens with two attached hydrogens (primary N) is 5. The van der Waals surface area contributed by atoms with E-state index in [2.05, 4.69) is 79.4 Å². The number of aryl methyl sites for hydroxylation is 1. The number of aromatic hydroxyl groups is 2. The topological polar surface area (TPSA) is 368 Å². The summed E-state index contributed by atoms with van der Waals surface area (Å²) in [6, 6.07) is 50.2. The zero-order chi connectivity index (χ0) is 91.0. The number of amides is 1. The lowest BCUT2D eigenvalue weighted by Crippen LogP contribution is -2.35. The van der Waals surface area contributed by atoms with Crippen molar-refractivity contribution in [3.63, 3.8) is 0 Å². The molecule has 0 aliphatic carbocycles. The van der Waals surface area contributed by atoms with Crippen LogP contribution in [-0.2, 0) is 61.9 Å². The number of likely N-dealkylation sites (N-methyl/N-ethyl adjacent to an activating group) is 1. The fraction of sp³-hybridized carbons (Fsp3) is 0.352. The SMILES string of the molecule is CC(N)=NCc1ccc(OCCCF)c(Br)c1.CC(N)=NCc1ccc(OCCCF)c(Cl)c1.CC(N)=NCc1ccc2cc(NC(=O)CF)c(O)cc2c1.CC(N)=NCc1ccc2cc(OCCCF)ccc2c1.CC(N)=NCc1ccc2nc(CF)oc2c1.CCCc1cn(Cc2cccc(Cl)c2)nn1.CN1CCOC(c2ccc(OCCF)c(O)c2)C1. The Balaban J connectivity index is 0.000000226. The summed E-state index contributed by atoms with van der Waals surface area (Å²) < 4.78 is 107. The molecule has 12 rings (SSSR count). The summed E-state index contributed by atoms with van der Waals surface area (Å²) in [5, 5.41) is 35.3. The van der Waals surface area contributed by atoms with Crippen molar-refractivity contribution in [1.29, 1.82) is 0 Å². The number of rotatable bonds is 33. The van der Waals surface area contributed by atoms with Crippen molar-refractivity contribution in [3.05, 3.63) is 235 Å². The molecule has 125 heavy (non-hydrogen) atoms. The van der Waals surface area contributed by atoms with Gasteiger partial charge in [0.05, 0.1) is 142 Å². The van der Waals surface area contributed by atoms with Gasteiger partial charge in [-0.15, -0.1) is 5.10 Å². The second-order valence-electron chi connectivity index (χ2n) is 28.3. The van der Waals surface area contributed by atoms with Crippen molar-refractivity contribution < 1.29 is 69.5 Å². The Bertz CT molecular complexity index is 5220. The van der Waals surface area contributed by atoms with E-state index in [0.717, 1.165) is 120 Å². The third-order valence-corrected chi connectivity index (χ3v) is 18.5. The number of nitrogens with one attached hydrogen (secondary N) is 1. The molecule has 0 bridgehead atoms. The minimum atomic E-state index is -1.13. The number of alkyl halides is 6. The van der Waals surface area contributed by atoms with Gasteiger partial charge in [-0.05, 0) is 222 Å². The Morgan fingerprint density at radius 1 is 0.568 bits per heavy atom. The van der Waals surface area contributed by atoms with E-state index in [0.29, 0.717) is 135 Å². The molecule has 13 N–H and O–H groups in total. The number of carbonyl (C=O) groups is 1. The molecule has 1 unspecified atom stereocenters. The monoisotopic (exact) mass is 1830 g/mol. The number of phenolic OH excluding ortho intramolecular Hbond substituents is 2. The Morgan fingerprint density at radius 3 is 1.65 bits per heavy atom. The minimum Gasteiger partial charge on any atom is -0.506 e. The van der Waals surface area contributed by atoms with Crippen LogP contribution in [0.3, 0.4) is 0 Å². The lowest BCUT2D eigenvalue weighted by molar-refractivity contribution is -0.117. The second kappa shape index (κ2) is 56.2. The first-order valence-corrected chi connectivity index (χ1v) is 41.7. The Labute approximate surface area is 743 Å². The third kappa shape index (κ3) is 38.9. The number of carbonyl (C=O) groups excluding carboxylic acids is 1. The molecule has 3 heterocycles. The number of fused-ring (bicyclic) bond motifs is 3. The summed E-state index contributed by atoms with van der Waals surface area (Å²) in [5.74, 6) is 4.29. The fourth-order valence-corrected chi connectivity index (χ4v) is 12.3. The Hall–Kier alpha value is -11.7. The smallest absolute Gasteiger partial charge is 0.255 e. The van der Waals surface area contributed by atoms with Crippen LogP contribution in [0, 0.1) is 0 Å². The number of aliphatic imine (C=N–C) groups is 5. The number of oxazole rings is 1. The van der Waals surface area contributed by atoms with Crippen molar-refractivity contribution in [3.8, 4) is 34.5 Å². The van der Waals surface area contributed by atoms with Crippen LogP contribution in [0.4, 0.5) is 32.0 Å². The Morgan fingerprint density at radius 2 is 1.10 bits per heavy atom. The van der Waals surface area contributed by atoms with Crippen molar-refractivity contribution in [2.45, 2.75) is 126 Å². The molecule has 1 atom stereocenters. The molecule has 1 aliphatic heterocycles. The largest absolute Gasteiger partial charge is 0.506 e. The molecule has 1 fully saturated rings. The van der Waals surface area contributed by atoms with Gasteiger partial charge in [-0.3, -0.25) is 42.9 Å². The number of anilines is 1. The average Bonchev–Trinajstić information content (AvgIpc) is 1.53. The van der Waals surface area contributed by atoms with Crippen LogP contribution in [0.1, 0.15) is 124 Å². The van der Waals surface area contributed by atoms with E-state index in [4.69, 9.17) is 80.0 Å². The quantitative estimate of drug-likeness (QED) is 0.00622. The molecule has 0 radical (unpaired) electrons. The van der Waals surface area contributed by atoms with E-state index in [-0.39, 0.29) is 55.8 Å². The number of nitrogens with zero attached hydrogens (tertiary/aromatic N) is 10. The molecule has 1 saturated heterocycles. The lowest BCUT2D eigenvalue weighted by Gasteiger charge is -2.30. The first-order valence-electron chi connectivity index (χ1n) is 40.1. The molecular weight excluding hydrogens is 1730 g/mol. The molecule has 0 saturated carbocycles. The number of amidine groups is 5. The summed E-state index contributed by atoms with van der Waals surface area (Å²) in [6.07, 6.45) is 5.23. The van der Waals surface area contributed by atoms with E-state index in [1.54, 1.807) is 77.1 Å². The van der Waals surface area contributed by atoms with Gasteiger partial charge in [-0.25, -0.2) is 22.8 Å². The highest BCUT2D eigenvalue weighted by Crippen LogP contribution is 2.34. The van der Waals surface area contributed by atoms with Gasteiger partial charge in [0.15, 0.2) is 30.4 Å². The van der Waals surface area contributed by atoms with E-state index in [1.807, 2.05) is 127 Å². The van der Waals surface area contributed by atoms with Crippen LogP contribution < -0.4 is 52.9 Å². The van der Waals surface area contributed by atoms with E-state index < -0.39 is 25.9 Å². The zero-order valence-corrected chi connectivity index (χ0v) is 74.3. The maximum atomic E-state index is 12.3. The first-order chi connectivity index (χ1) is 60.1. The summed E-state index contributed by atoms with van der Waals surface area (Å²) in [4.78, 5) is 37.8. The first kappa shape index (κ1) is 102. The molecule has 25 nitrogen and oxygen atoms in total. The van der Waals surface area contributed by atoms with Crippen molar-refractivity contribution >= 4 is 113 Å². The highest BCUT2D eigenvalue weighted by molar-refractivity contribution is 9.10. The van der Waals surface area contributed by atoms with Gasteiger partial charge in [0, 0.05) is 43.6 Å². The zero-order valence-electron chi connectivity index (χ0n) is 71.2. The second-order valence-corrected chi connectivity index (χ2v) is 30.0. The summed E-state index contributed by atoms with van der Waals surface area (Å²) in [6.45, 7) is 14.1. The Kier molecular flexibility index (Phi) is 45.9. The third-order valence-electron chi connectivity index (χ3n) is 17.4. The molecule has 672 valence electrons. The average molecular weight is 1840 g/mol. The number of halogens is 9. The standard InChI is InChI=1S/C16H19FN2O.C15H16FN3O2.C13H18FNO3.C12H16BrFN2O.C12H16ClFN2O.C12H14ClN3.C11H12FN3O/c1-12(18)19-11-13-3-4-15-10-16(20-8-2-7-17)6-5-14(15)9-13;1-9(17)18-8-10-2-3-11-5-13(19-15(21)7-16)14(20)6-12(11)4-10;1-15-5-7-18-13(9-15)10-2-3-12(11(16)8-10)17-6-4-14;2*1-9(15)16-8-10-3-4-12(11(13)7-10)17-6-2-5-14;1-2-4-12-9-16(15-14-12)8-10-5-3-6-11(13)7-10;1-7(13)14-6-8-2-3-9-10(4-8)16-11(5-12)15-9/h3-6,9-10H,2,7-8,11H2,1H3,(H2,18,19);2-6,20H,7-8H2,1H3,(H2,17,18)(H,19,21);2-3,8,13,16H,4-7,9H2,1H3;2*3-4,7H,2,5-6,8H2,1H3,(H2,15,16);3,5-7,9H,2,4,8H2,1H3;2-4H,5-6H2,1H3,(H2,13,14). The highest BCUT2D eigenvalue weighted by Gasteiger charge is 2.21. The van der Waals surface area contributed by atoms with Gasteiger partial charge >= 0.3 is 0 Å². The van der Waals surface area contributed by atoms with E-state index >= 15 is 0 Å². The fourth-order valence-electron chi connectivity index (χ4n) is 11.3. The number of ether oxygens (including phenoxy) is 5. The number of hydrogen-bond acceptors (Lipinski definition) is 18. The number of phenols is 2. The van der Waals surface area contributed by atoms with Crippen LogP contribution in [0.2, 0.25) is 10.0 Å². The van der Waals surface area contributed by atoms with Gasteiger partial charge in [0.1, 0.15) is 41.8 Å². The van der Waals surface area contributed by atoms with E-state index in [9.17, 15) is 41.4 Å². The van der Waals surface area contributed by atoms with Gasteiger partial charge in [0.25, 0.3) is 5.91 Å². The van der Waals surface area contributed by atoms with Crippen molar-refractivity contribution in [2.75, 3.05) is 91.9 Å². The normalized spacial score (nSPS) is 12.9. The van der Waals surface area contributed by atoms with Crippen LogP contribution in [0.15, 0.2) is 204 Å². The summed E-state index contributed by atoms with van der Waals surface area (Å²) in [7, 11) is 2.04. The minimum absolute atomic E-state index is 0.0257. The predicted molar refractivity (Wildman–Crippen MR) is 492 cm³/mol. The van der Waals surface area contributed by atoms with Crippen LogP contribution in [0.5, 0.6) is 34.5 Å². The van der Waals surface area contributed by atoms with Gasteiger partial charge in [-0.2, -0.15) is 0 Å². The number of benzene rings is 9. The molecule has 0 spiro atoms. The molecule has 9 aromatic carbocycles. The number of hydrogen-bond donors (Lipinski definition) is 8.